The van der Waals surface area contributed by atoms with E-state index in [-0.39, 0.29) is 23.9 Å². The Morgan fingerprint density at radius 3 is 2.07 bits per heavy atom. The van der Waals surface area contributed by atoms with Gasteiger partial charge in [-0.05, 0) is 48.1 Å². The van der Waals surface area contributed by atoms with Crippen molar-refractivity contribution in [2.24, 2.45) is 5.10 Å². The molecule has 0 spiro atoms. The fourth-order valence-electron chi connectivity index (χ4n) is 5.83. The molecule has 0 aromatic heterocycles. The van der Waals surface area contributed by atoms with Crippen LogP contribution in [0.1, 0.15) is 55.7 Å². The second kappa shape index (κ2) is 11.1. The van der Waals surface area contributed by atoms with E-state index in [0.29, 0.717) is 35.9 Å². The van der Waals surface area contributed by atoms with Crippen LogP contribution in [0.4, 0.5) is 40.8 Å². The SMILES string of the molecule is O=S(=O)(C1CCCC1)N1CC=C(c2ccc(C3CC(C(O)(C(F)(F)F)C(F)(F)F)=NN3c3ccc(F)cc3F)cc2)CC1. The Bertz CT molecular complexity index is 1520. The second-order valence-electron chi connectivity index (χ2n) is 10.8. The quantitative estimate of drug-likeness (QED) is 0.368. The molecule has 2 aliphatic heterocycles. The maximum atomic E-state index is 14.7. The number of rotatable bonds is 6. The van der Waals surface area contributed by atoms with Crippen LogP contribution in [0, 0.1) is 11.6 Å². The third-order valence-electron chi connectivity index (χ3n) is 8.23. The van der Waals surface area contributed by atoms with Crippen molar-refractivity contribution in [2.75, 3.05) is 18.1 Å². The van der Waals surface area contributed by atoms with E-state index in [1.807, 2.05) is 0 Å². The fraction of sp³-hybridized carbons (Fsp3) is 0.464. The van der Waals surface area contributed by atoms with Crippen molar-refractivity contribution in [1.82, 2.24) is 4.31 Å². The van der Waals surface area contributed by atoms with Gasteiger partial charge in [-0.2, -0.15) is 35.7 Å². The predicted molar refractivity (Wildman–Crippen MR) is 142 cm³/mol. The standard InChI is InChI=1S/C28H27F8N3O3S/c29-20-9-10-23(22(30)15-20)39-24(16-25(37-39)26(40,27(31,32)33)28(34,35)36)19-7-5-17(6-8-19)18-11-13-38(14-12-18)43(41,42)21-3-1-2-4-21/h5-11,15,21,24,40H,1-4,12-14,16H2. The summed E-state index contributed by atoms with van der Waals surface area (Å²) in [5, 5.41) is 13.6. The lowest BCUT2D eigenvalue weighted by Gasteiger charge is -2.32. The van der Waals surface area contributed by atoms with Gasteiger partial charge in [0.15, 0.2) is 5.82 Å². The number of hydrogen-bond acceptors (Lipinski definition) is 5. The van der Waals surface area contributed by atoms with Gasteiger partial charge in [0.05, 0.1) is 22.7 Å². The summed E-state index contributed by atoms with van der Waals surface area (Å²) >= 11 is 0. The molecule has 0 radical (unpaired) electrons. The minimum atomic E-state index is -6.19. The second-order valence-corrected chi connectivity index (χ2v) is 13.0. The lowest BCUT2D eigenvalue weighted by molar-refractivity contribution is -0.338. The summed E-state index contributed by atoms with van der Waals surface area (Å²) < 4.78 is 137. The number of hydrogen-bond donors (Lipinski definition) is 1. The van der Waals surface area contributed by atoms with Crippen molar-refractivity contribution in [3.8, 4) is 0 Å². The van der Waals surface area contributed by atoms with Crippen LogP contribution < -0.4 is 5.01 Å². The first-order valence-corrected chi connectivity index (χ1v) is 15.0. The first kappa shape index (κ1) is 31.4. The van der Waals surface area contributed by atoms with E-state index < -0.39 is 63.5 Å². The van der Waals surface area contributed by atoms with Crippen molar-refractivity contribution in [2.45, 2.75) is 67.8 Å². The van der Waals surface area contributed by atoms with Crippen LogP contribution >= 0.6 is 0 Å². The van der Waals surface area contributed by atoms with Gasteiger partial charge in [0, 0.05) is 25.6 Å². The van der Waals surface area contributed by atoms with Crippen molar-refractivity contribution in [3.05, 3.63) is 71.3 Å². The smallest absolute Gasteiger partial charge is 0.369 e. The van der Waals surface area contributed by atoms with Crippen LogP contribution in [0.3, 0.4) is 0 Å². The molecular formula is C28H27F8N3O3S. The molecule has 43 heavy (non-hydrogen) atoms. The molecule has 5 rings (SSSR count). The van der Waals surface area contributed by atoms with Gasteiger partial charge in [0.1, 0.15) is 5.82 Å². The summed E-state index contributed by atoms with van der Waals surface area (Å²) in [6.07, 6.45) is -8.30. The molecule has 3 aliphatic rings. The monoisotopic (exact) mass is 637 g/mol. The average molecular weight is 638 g/mol. The maximum Gasteiger partial charge on any atom is 0.431 e. The van der Waals surface area contributed by atoms with Gasteiger partial charge >= 0.3 is 12.4 Å². The zero-order chi connectivity index (χ0) is 31.4. The Labute approximate surface area is 242 Å². The van der Waals surface area contributed by atoms with E-state index in [9.17, 15) is 48.6 Å². The largest absolute Gasteiger partial charge is 0.431 e. The number of hydrazone groups is 1. The molecule has 1 saturated carbocycles. The Morgan fingerprint density at radius 1 is 0.907 bits per heavy atom. The van der Waals surface area contributed by atoms with Crippen LogP contribution in [-0.2, 0) is 10.0 Å². The molecule has 0 bridgehead atoms. The number of sulfonamides is 1. The molecule has 1 aliphatic carbocycles. The number of halogens is 8. The van der Waals surface area contributed by atoms with Gasteiger partial charge in [0.25, 0.3) is 5.60 Å². The lowest BCUT2D eigenvalue weighted by atomic mass is 9.89. The van der Waals surface area contributed by atoms with Gasteiger partial charge in [0.2, 0.25) is 10.0 Å². The first-order valence-electron chi connectivity index (χ1n) is 13.5. The Hall–Kier alpha value is -3.04. The highest BCUT2D eigenvalue weighted by Crippen LogP contribution is 2.49. The number of alkyl halides is 6. The molecule has 2 aromatic carbocycles. The highest BCUT2D eigenvalue weighted by molar-refractivity contribution is 7.89. The summed E-state index contributed by atoms with van der Waals surface area (Å²) in [6, 6.07) is 6.60. The van der Waals surface area contributed by atoms with Crippen LogP contribution in [-0.4, -0.2) is 59.8 Å². The van der Waals surface area contributed by atoms with Gasteiger partial charge in [-0.15, -0.1) is 0 Å². The number of nitrogens with zero attached hydrogens (tertiary/aromatic N) is 3. The molecule has 2 aromatic rings. The van der Waals surface area contributed by atoms with E-state index >= 15 is 0 Å². The summed E-state index contributed by atoms with van der Waals surface area (Å²) in [6.45, 7) is 0.429. The normalized spacial score (nSPS) is 21.3. The zero-order valence-electron chi connectivity index (χ0n) is 22.5. The van der Waals surface area contributed by atoms with E-state index in [0.717, 1.165) is 30.5 Å². The van der Waals surface area contributed by atoms with Crippen molar-refractivity contribution >= 4 is 27.0 Å². The van der Waals surface area contributed by atoms with E-state index in [2.05, 4.69) is 5.10 Å². The van der Waals surface area contributed by atoms with Crippen molar-refractivity contribution in [1.29, 1.82) is 0 Å². The fourth-order valence-corrected chi connectivity index (χ4v) is 7.81. The molecular weight excluding hydrogens is 610 g/mol. The molecule has 1 fully saturated rings. The third kappa shape index (κ3) is 5.66. The van der Waals surface area contributed by atoms with Gasteiger partial charge in [-0.25, -0.2) is 17.2 Å². The zero-order valence-corrected chi connectivity index (χ0v) is 23.3. The molecule has 0 saturated heterocycles. The van der Waals surface area contributed by atoms with Crippen molar-refractivity contribution in [3.63, 3.8) is 0 Å². The summed E-state index contributed by atoms with van der Waals surface area (Å²) in [5.74, 6) is -2.30. The lowest BCUT2D eigenvalue weighted by Crippen LogP contribution is -2.62. The molecule has 1 atom stereocenters. The average Bonchev–Trinajstić information content (AvgIpc) is 3.63. The highest BCUT2D eigenvalue weighted by atomic mass is 32.2. The summed E-state index contributed by atoms with van der Waals surface area (Å²) in [7, 11) is -3.43. The van der Waals surface area contributed by atoms with Crippen LogP contribution in [0.15, 0.2) is 53.6 Å². The number of aliphatic hydroxyl groups is 1. The van der Waals surface area contributed by atoms with E-state index in [1.165, 1.54) is 16.4 Å². The van der Waals surface area contributed by atoms with Crippen LogP contribution in [0.2, 0.25) is 0 Å². The minimum Gasteiger partial charge on any atom is -0.369 e. The molecule has 15 heteroatoms. The van der Waals surface area contributed by atoms with E-state index in [1.54, 1.807) is 18.2 Å². The van der Waals surface area contributed by atoms with Crippen molar-refractivity contribution < 1.29 is 48.6 Å². The first-order chi connectivity index (χ1) is 20.0. The maximum absolute atomic E-state index is 14.7. The topological polar surface area (TPSA) is 73.2 Å². The third-order valence-corrected chi connectivity index (χ3v) is 10.6. The van der Waals surface area contributed by atoms with Gasteiger partial charge < -0.3 is 5.11 Å². The number of anilines is 1. The van der Waals surface area contributed by atoms with Crippen LogP contribution in [0.5, 0.6) is 0 Å². The van der Waals surface area contributed by atoms with Gasteiger partial charge in [-0.3, -0.25) is 5.01 Å². The molecule has 2 heterocycles. The Morgan fingerprint density at radius 2 is 1.53 bits per heavy atom. The number of benzene rings is 2. The molecule has 6 nitrogen and oxygen atoms in total. The molecule has 1 N–H and O–H groups in total. The summed E-state index contributed by atoms with van der Waals surface area (Å²) in [5.41, 5.74) is -5.97. The molecule has 0 amide bonds. The predicted octanol–water partition coefficient (Wildman–Crippen LogP) is 6.49. The van der Waals surface area contributed by atoms with Gasteiger partial charge in [-0.1, -0.05) is 43.2 Å². The van der Waals surface area contributed by atoms with E-state index in [4.69, 9.17) is 0 Å². The summed E-state index contributed by atoms with van der Waals surface area (Å²) in [4.78, 5) is 0. The molecule has 1 unspecified atom stereocenters. The Balaban J connectivity index is 1.44. The van der Waals surface area contributed by atoms with Crippen LogP contribution in [0.25, 0.3) is 5.57 Å². The Kier molecular flexibility index (Phi) is 8.14. The molecule has 234 valence electrons. The highest BCUT2D eigenvalue weighted by Gasteiger charge is 2.74. The minimum absolute atomic E-state index is 0.153.